The largest absolute Gasteiger partial charge is 0.348 e. The van der Waals surface area contributed by atoms with Crippen LogP contribution in [0.5, 0.6) is 0 Å². The van der Waals surface area contributed by atoms with Crippen LogP contribution in [0.1, 0.15) is 120 Å². The Morgan fingerprint density at radius 3 is 1.71 bits per heavy atom. The molecule has 0 aromatic carbocycles. The number of nitrogens with zero attached hydrogens (tertiary/aromatic N) is 9. The van der Waals surface area contributed by atoms with Gasteiger partial charge in [-0.25, -0.2) is 19.9 Å². The number of hydrogen-bond acceptors (Lipinski definition) is 13. The Hall–Kier alpha value is -2.59. The molecule has 0 amide bonds. The zero-order valence-corrected chi connectivity index (χ0v) is 33.3. The van der Waals surface area contributed by atoms with E-state index in [1.54, 1.807) is 11.3 Å². The van der Waals surface area contributed by atoms with Crippen LogP contribution in [-0.2, 0) is 0 Å². The van der Waals surface area contributed by atoms with E-state index in [0.717, 1.165) is 84.4 Å². The minimum atomic E-state index is 0.303. The highest BCUT2D eigenvalue weighted by Gasteiger charge is 2.27. The molecule has 0 atom stereocenters. The van der Waals surface area contributed by atoms with Crippen LogP contribution in [0.2, 0.25) is 4.47 Å². The number of rotatable bonds is 5. The van der Waals surface area contributed by atoms with Gasteiger partial charge < -0.3 is 13.9 Å². The summed E-state index contributed by atoms with van der Waals surface area (Å²) in [7, 11) is 0. The van der Waals surface area contributed by atoms with Crippen molar-refractivity contribution in [3.63, 3.8) is 0 Å². The molecule has 260 valence electrons. The third-order valence-electron chi connectivity index (χ3n) is 8.42. The lowest BCUT2D eigenvalue weighted by Gasteiger charge is -2.29. The molecule has 2 aliphatic rings. The molecule has 0 N–H and O–H groups in total. The summed E-state index contributed by atoms with van der Waals surface area (Å²) in [6, 6.07) is 7.66. The maximum absolute atomic E-state index is 5.69. The van der Waals surface area contributed by atoms with Crippen LogP contribution in [0, 0.1) is 0 Å². The number of halogens is 3. The molecule has 7 heterocycles. The van der Waals surface area contributed by atoms with Gasteiger partial charge in [0.2, 0.25) is 11.8 Å². The van der Waals surface area contributed by atoms with Crippen molar-refractivity contribution in [2.75, 3.05) is 18.0 Å². The van der Waals surface area contributed by atoms with Crippen molar-refractivity contribution in [3.8, 4) is 0 Å². The minimum absolute atomic E-state index is 0.303. The first kappa shape index (κ1) is 36.2. The summed E-state index contributed by atoms with van der Waals surface area (Å²) >= 11 is 15.4. The second-order valence-corrected chi connectivity index (χ2v) is 16.9. The van der Waals surface area contributed by atoms with Crippen LogP contribution in [0.3, 0.4) is 0 Å². The first-order valence-electron chi connectivity index (χ1n) is 16.6. The fourth-order valence-corrected chi connectivity index (χ4v) is 8.47. The molecule has 1 aliphatic carbocycles. The molecule has 0 radical (unpaired) electrons. The first-order valence-corrected chi connectivity index (χ1v) is 20.2. The molecule has 0 spiro atoms. The fourth-order valence-electron chi connectivity index (χ4n) is 5.65. The highest BCUT2D eigenvalue weighted by atomic mass is 79.9. The molecule has 6 aromatic heterocycles. The van der Waals surface area contributed by atoms with Gasteiger partial charge in [0.1, 0.15) is 29.9 Å². The second-order valence-electron chi connectivity index (χ2n) is 12.8. The molecule has 1 saturated carbocycles. The summed E-state index contributed by atoms with van der Waals surface area (Å²) in [5.74, 6) is 4.86. The van der Waals surface area contributed by atoms with Gasteiger partial charge in [0.25, 0.3) is 0 Å². The van der Waals surface area contributed by atoms with Gasteiger partial charge in [-0.2, -0.15) is 9.97 Å². The maximum atomic E-state index is 5.69. The number of hydrogen-bond donors (Lipinski definition) is 0. The average molecular weight is 852 g/mol. The molecular formula is C33H38Br2ClN9O2S2. The minimum Gasteiger partial charge on any atom is -0.348 e. The molecule has 2 fully saturated rings. The van der Waals surface area contributed by atoms with Crippen molar-refractivity contribution in [1.29, 1.82) is 0 Å². The lowest BCUT2D eigenvalue weighted by molar-refractivity contribution is 0.311. The molecule has 1 saturated heterocycles. The fraction of sp³-hybridized carbons (Fsp3) is 0.515. The van der Waals surface area contributed by atoms with Crippen molar-refractivity contribution < 1.29 is 9.05 Å². The summed E-state index contributed by atoms with van der Waals surface area (Å²) in [6.45, 7) is 10.2. The molecule has 6 aromatic rings. The van der Waals surface area contributed by atoms with E-state index >= 15 is 0 Å². The van der Waals surface area contributed by atoms with E-state index in [0.29, 0.717) is 28.1 Å². The monoisotopic (exact) mass is 849 g/mol. The van der Waals surface area contributed by atoms with Crippen LogP contribution in [0.25, 0.3) is 20.7 Å². The van der Waals surface area contributed by atoms with Gasteiger partial charge >= 0.3 is 0 Å². The van der Waals surface area contributed by atoms with E-state index < -0.39 is 0 Å². The van der Waals surface area contributed by atoms with Gasteiger partial charge in [-0.3, -0.25) is 0 Å². The summed E-state index contributed by atoms with van der Waals surface area (Å²) < 4.78 is 13.0. The molecule has 0 bridgehead atoms. The Labute approximate surface area is 314 Å². The van der Waals surface area contributed by atoms with Gasteiger partial charge in [-0.1, -0.05) is 91.5 Å². The van der Waals surface area contributed by atoms with Crippen LogP contribution in [0.15, 0.2) is 42.5 Å². The van der Waals surface area contributed by atoms with Crippen molar-refractivity contribution in [2.45, 2.75) is 96.3 Å². The standard InChI is InChI=1S/C16H18BrN5OS.C11H18N2O.C6H2BrClN2S/c1-9(2)13-20-14(23-21-13)10-5-7-22(8-6-10)16-18-11-3-4-12(17)19-15(11)24-16;1-8(2)10-12-11(14-13-10)9-6-4-3-5-7-9;7-4-2-1-3-5(10-4)11-6(8)9-3/h3-4,9-10H,5-8H2,1-2H3;8-9H,3-7H2,1-2H3;1-2H. The molecule has 11 nitrogen and oxygen atoms in total. The Balaban J connectivity index is 0.000000141. The zero-order chi connectivity index (χ0) is 34.5. The Bertz CT molecular complexity index is 1960. The third kappa shape index (κ3) is 9.40. The van der Waals surface area contributed by atoms with Crippen LogP contribution < -0.4 is 4.90 Å². The maximum Gasteiger partial charge on any atom is 0.229 e. The molecule has 16 heteroatoms. The second kappa shape index (κ2) is 16.6. The zero-order valence-electron chi connectivity index (χ0n) is 27.8. The van der Waals surface area contributed by atoms with Crippen LogP contribution in [0.4, 0.5) is 5.13 Å². The van der Waals surface area contributed by atoms with E-state index in [1.165, 1.54) is 43.4 Å². The normalized spacial score (nSPS) is 15.9. The predicted molar refractivity (Wildman–Crippen MR) is 202 cm³/mol. The van der Waals surface area contributed by atoms with Gasteiger partial charge in [0.05, 0.1) is 0 Å². The van der Waals surface area contributed by atoms with E-state index in [4.69, 9.17) is 25.6 Å². The average Bonchev–Trinajstić information content (AvgIpc) is 3.91. The Kier molecular flexibility index (Phi) is 12.3. The lowest BCUT2D eigenvalue weighted by Crippen LogP contribution is -2.32. The summed E-state index contributed by atoms with van der Waals surface area (Å²) in [6.07, 6.45) is 8.44. The highest BCUT2D eigenvalue weighted by Crippen LogP contribution is 2.35. The van der Waals surface area contributed by atoms with Gasteiger partial charge in [0, 0.05) is 36.8 Å². The number of fused-ring (bicyclic) bond motifs is 2. The first-order chi connectivity index (χ1) is 23.6. The van der Waals surface area contributed by atoms with Crippen molar-refractivity contribution in [3.05, 3.63) is 61.4 Å². The van der Waals surface area contributed by atoms with Crippen molar-refractivity contribution in [1.82, 2.24) is 40.2 Å². The quantitative estimate of drug-likeness (QED) is 0.154. The highest BCUT2D eigenvalue weighted by molar-refractivity contribution is 9.10. The molecule has 8 rings (SSSR count). The Morgan fingerprint density at radius 1 is 0.673 bits per heavy atom. The lowest BCUT2D eigenvalue weighted by atomic mass is 9.89. The molecular weight excluding hydrogens is 814 g/mol. The number of piperidine rings is 1. The van der Waals surface area contributed by atoms with E-state index in [1.807, 2.05) is 24.3 Å². The Morgan fingerprint density at radius 2 is 1.18 bits per heavy atom. The van der Waals surface area contributed by atoms with Gasteiger partial charge in [0.15, 0.2) is 21.2 Å². The molecule has 0 unspecified atom stereocenters. The summed E-state index contributed by atoms with van der Waals surface area (Å²) in [4.78, 5) is 30.6. The van der Waals surface area contributed by atoms with Gasteiger partial charge in [-0.05, 0) is 81.8 Å². The van der Waals surface area contributed by atoms with Gasteiger partial charge in [-0.15, -0.1) is 0 Å². The SMILES string of the molecule is CC(C)c1noc(C2CCCCC2)n1.CC(C)c1noc(C2CCN(c3nc4ccc(Br)nc4s3)CC2)n1.Clc1nc2ccc(Br)nc2s1. The summed E-state index contributed by atoms with van der Waals surface area (Å²) in [5, 5.41) is 9.13. The number of anilines is 1. The summed E-state index contributed by atoms with van der Waals surface area (Å²) in [5.41, 5.74) is 1.81. The topological polar surface area (TPSA) is 133 Å². The number of aromatic nitrogens is 8. The van der Waals surface area contributed by atoms with E-state index in [2.05, 4.69) is 99.7 Å². The van der Waals surface area contributed by atoms with Crippen LogP contribution in [-0.4, -0.2) is 53.3 Å². The third-order valence-corrected chi connectivity index (χ3v) is 11.4. The van der Waals surface area contributed by atoms with Crippen molar-refractivity contribution in [2.24, 2.45) is 0 Å². The number of thiazole rings is 2. The molecule has 1 aliphatic heterocycles. The van der Waals surface area contributed by atoms with E-state index in [9.17, 15) is 0 Å². The number of pyridine rings is 2. The van der Waals surface area contributed by atoms with Crippen LogP contribution >= 0.6 is 66.1 Å². The smallest absolute Gasteiger partial charge is 0.229 e. The van der Waals surface area contributed by atoms with E-state index in [-0.39, 0.29) is 0 Å². The molecule has 49 heavy (non-hydrogen) atoms. The predicted octanol–water partition coefficient (Wildman–Crippen LogP) is 10.7. The van der Waals surface area contributed by atoms with Crippen molar-refractivity contribution >= 4 is 92.0 Å².